The number of hydrogen-bond acceptors (Lipinski definition) is 3. The zero-order valence-electron chi connectivity index (χ0n) is 9.41. The molecule has 0 saturated heterocycles. The first-order valence-electron chi connectivity index (χ1n) is 5.47. The average molecular weight is 235 g/mol. The Balaban J connectivity index is 2.05. The van der Waals surface area contributed by atoms with E-state index in [9.17, 15) is 8.42 Å². The lowest BCUT2D eigenvalue weighted by Crippen LogP contribution is -2.41. The summed E-state index contributed by atoms with van der Waals surface area (Å²) in [4.78, 5) is 0. The van der Waals surface area contributed by atoms with Gasteiger partial charge in [-0.1, -0.05) is 13.8 Å². The first kappa shape index (κ1) is 12.9. The van der Waals surface area contributed by atoms with Crippen LogP contribution in [-0.4, -0.2) is 34.1 Å². The van der Waals surface area contributed by atoms with Gasteiger partial charge in [-0.3, -0.25) is 0 Å². The van der Waals surface area contributed by atoms with Crippen LogP contribution < -0.4 is 14.8 Å². The van der Waals surface area contributed by atoms with Crippen LogP contribution in [0.3, 0.4) is 0 Å². The summed E-state index contributed by atoms with van der Waals surface area (Å²) >= 11 is 0. The van der Waals surface area contributed by atoms with E-state index < -0.39 is 10.2 Å². The highest BCUT2D eigenvalue weighted by atomic mass is 32.2. The maximum atomic E-state index is 11.3. The molecule has 0 aromatic rings. The fraction of sp³-hybridized carbons (Fsp3) is 1.00. The lowest BCUT2D eigenvalue weighted by atomic mass is 10.2. The van der Waals surface area contributed by atoms with E-state index in [2.05, 4.69) is 14.8 Å². The molecule has 3 N–H and O–H groups in total. The SMILES string of the molecule is CC(C)CNS(=O)(=O)NCCNC1CC1. The zero-order valence-corrected chi connectivity index (χ0v) is 10.2. The minimum Gasteiger partial charge on any atom is -0.313 e. The predicted molar refractivity (Wildman–Crippen MR) is 60.8 cm³/mol. The normalized spacial score (nSPS) is 17.3. The topological polar surface area (TPSA) is 70.2 Å². The molecule has 0 heterocycles. The largest absolute Gasteiger partial charge is 0.313 e. The number of rotatable bonds is 8. The first-order valence-corrected chi connectivity index (χ1v) is 6.95. The molecule has 0 aromatic carbocycles. The van der Waals surface area contributed by atoms with Gasteiger partial charge in [0.25, 0.3) is 10.2 Å². The third-order valence-electron chi connectivity index (χ3n) is 2.11. The maximum absolute atomic E-state index is 11.3. The summed E-state index contributed by atoms with van der Waals surface area (Å²) < 4.78 is 27.7. The van der Waals surface area contributed by atoms with Gasteiger partial charge in [0.05, 0.1) is 0 Å². The fourth-order valence-corrected chi connectivity index (χ4v) is 2.10. The summed E-state index contributed by atoms with van der Waals surface area (Å²) in [7, 11) is -3.29. The summed E-state index contributed by atoms with van der Waals surface area (Å²) in [5, 5.41) is 3.24. The van der Waals surface area contributed by atoms with E-state index in [-0.39, 0.29) is 0 Å². The summed E-state index contributed by atoms with van der Waals surface area (Å²) in [6.07, 6.45) is 2.44. The molecule has 1 aliphatic carbocycles. The molecule has 0 amide bonds. The fourth-order valence-electron chi connectivity index (χ4n) is 1.08. The molecule has 0 unspecified atom stereocenters. The molecule has 1 rings (SSSR count). The maximum Gasteiger partial charge on any atom is 0.276 e. The molecule has 1 saturated carbocycles. The molecular formula is C9H21N3O2S. The summed E-state index contributed by atoms with van der Waals surface area (Å²) in [5.74, 6) is 0.325. The van der Waals surface area contributed by atoms with E-state index in [4.69, 9.17) is 0 Å². The van der Waals surface area contributed by atoms with Crippen molar-refractivity contribution in [3.8, 4) is 0 Å². The molecule has 5 nitrogen and oxygen atoms in total. The van der Waals surface area contributed by atoms with Gasteiger partial charge in [0.15, 0.2) is 0 Å². The molecule has 6 heteroatoms. The van der Waals surface area contributed by atoms with Gasteiger partial charge in [-0.05, 0) is 18.8 Å². The van der Waals surface area contributed by atoms with Gasteiger partial charge in [0.1, 0.15) is 0 Å². The molecule has 0 radical (unpaired) electrons. The van der Waals surface area contributed by atoms with Crippen LogP contribution in [0.4, 0.5) is 0 Å². The van der Waals surface area contributed by atoms with Crippen LogP contribution in [-0.2, 0) is 10.2 Å². The van der Waals surface area contributed by atoms with Crippen LogP contribution in [0, 0.1) is 5.92 Å². The Morgan fingerprint density at radius 3 is 2.40 bits per heavy atom. The van der Waals surface area contributed by atoms with E-state index in [1.165, 1.54) is 12.8 Å². The molecule has 0 aromatic heterocycles. The van der Waals surface area contributed by atoms with Crippen molar-refractivity contribution >= 4 is 10.2 Å². The monoisotopic (exact) mass is 235 g/mol. The van der Waals surface area contributed by atoms with Crippen LogP contribution in [0.2, 0.25) is 0 Å². The van der Waals surface area contributed by atoms with Gasteiger partial charge in [-0.2, -0.15) is 8.42 Å². The highest BCUT2D eigenvalue weighted by Gasteiger charge is 2.19. The zero-order chi connectivity index (χ0) is 11.3. The van der Waals surface area contributed by atoms with Crippen molar-refractivity contribution in [2.45, 2.75) is 32.7 Å². The first-order chi connectivity index (χ1) is 6.99. The Bertz CT molecular complexity index is 273. The quantitative estimate of drug-likeness (QED) is 0.511. The number of nitrogens with one attached hydrogen (secondary N) is 3. The van der Waals surface area contributed by atoms with Crippen molar-refractivity contribution in [3.05, 3.63) is 0 Å². The Morgan fingerprint density at radius 1 is 1.20 bits per heavy atom. The van der Waals surface area contributed by atoms with Gasteiger partial charge < -0.3 is 5.32 Å². The predicted octanol–water partition coefficient (Wildman–Crippen LogP) is -0.182. The van der Waals surface area contributed by atoms with Crippen molar-refractivity contribution < 1.29 is 8.42 Å². The smallest absolute Gasteiger partial charge is 0.276 e. The molecule has 15 heavy (non-hydrogen) atoms. The van der Waals surface area contributed by atoms with Crippen molar-refractivity contribution in [1.82, 2.24) is 14.8 Å². The molecule has 1 fully saturated rings. The van der Waals surface area contributed by atoms with E-state index in [0.29, 0.717) is 31.6 Å². The van der Waals surface area contributed by atoms with Crippen molar-refractivity contribution in [2.75, 3.05) is 19.6 Å². The van der Waals surface area contributed by atoms with Crippen LogP contribution >= 0.6 is 0 Å². The second-order valence-electron chi connectivity index (χ2n) is 4.37. The van der Waals surface area contributed by atoms with Crippen molar-refractivity contribution in [2.24, 2.45) is 5.92 Å². The minimum atomic E-state index is -3.29. The van der Waals surface area contributed by atoms with Crippen molar-refractivity contribution in [1.29, 1.82) is 0 Å². The Hall–Kier alpha value is -0.170. The summed E-state index contributed by atoms with van der Waals surface area (Å²) in [5.41, 5.74) is 0. The third-order valence-corrected chi connectivity index (χ3v) is 3.24. The second kappa shape index (κ2) is 5.79. The van der Waals surface area contributed by atoms with Gasteiger partial charge in [0.2, 0.25) is 0 Å². The molecule has 0 bridgehead atoms. The highest BCUT2D eigenvalue weighted by molar-refractivity contribution is 7.87. The lowest BCUT2D eigenvalue weighted by Gasteiger charge is -2.10. The van der Waals surface area contributed by atoms with E-state index in [1.54, 1.807) is 0 Å². The summed E-state index contributed by atoms with van der Waals surface area (Å²) in [6.45, 7) is 5.57. The van der Waals surface area contributed by atoms with Gasteiger partial charge >= 0.3 is 0 Å². The van der Waals surface area contributed by atoms with Crippen LogP contribution in [0.25, 0.3) is 0 Å². The summed E-state index contributed by atoms with van der Waals surface area (Å²) in [6, 6.07) is 0.623. The van der Waals surface area contributed by atoms with Gasteiger partial charge in [0, 0.05) is 25.7 Å². The molecule has 90 valence electrons. The standard InChI is InChI=1S/C9H21N3O2S/c1-8(2)7-12-15(13,14)11-6-5-10-9-3-4-9/h8-12H,3-7H2,1-2H3. The minimum absolute atomic E-state index is 0.325. The molecule has 0 atom stereocenters. The average Bonchev–Trinajstić information content (AvgIpc) is 2.93. The second-order valence-corrected chi connectivity index (χ2v) is 5.95. The Labute approximate surface area is 92.2 Å². The lowest BCUT2D eigenvalue weighted by molar-refractivity contribution is 0.544. The number of hydrogen-bond donors (Lipinski definition) is 3. The van der Waals surface area contributed by atoms with E-state index in [1.807, 2.05) is 13.8 Å². The molecule has 0 aliphatic heterocycles. The van der Waals surface area contributed by atoms with Gasteiger partial charge in [-0.15, -0.1) is 0 Å². The Morgan fingerprint density at radius 2 is 1.87 bits per heavy atom. The van der Waals surface area contributed by atoms with Crippen LogP contribution in [0.15, 0.2) is 0 Å². The molecular weight excluding hydrogens is 214 g/mol. The third kappa shape index (κ3) is 6.83. The van der Waals surface area contributed by atoms with E-state index >= 15 is 0 Å². The molecule has 0 spiro atoms. The van der Waals surface area contributed by atoms with Crippen LogP contribution in [0.5, 0.6) is 0 Å². The van der Waals surface area contributed by atoms with Gasteiger partial charge in [-0.25, -0.2) is 9.44 Å². The Kier molecular flexibility index (Phi) is 4.98. The van der Waals surface area contributed by atoms with E-state index in [0.717, 1.165) is 0 Å². The molecule has 1 aliphatic rings. The highest BCUT2D eigenvalue weighted by Crippen LogP contribution is 2.17. The van der Waals surface area contributed by atoms with Crippen molar-refractivity contribution in [3.63, 3.8) is 0 Å². The van der Waals surface area contributed by atoms with Crippen LogP contribution in [0.1, 0.15) is 26.7 Å².